The Balaban J connectivity index is 1.69. The molecule has 1 heterocycles. The van der Waals surface area contributed by atoms with Crippen LogP contribution in [0.5, 0.6) is 5.75 Å². The highest BCUT2D eigenvalue weighted by Gasteiger charge is 2.16. The molecular formula is C18H16N2O4. The minimum absolute atomic E-state index is 0.0965. The number of carbonyl (C=O) groups excluding carboxylic acids is 1. The van der Waals surface area contributed by atoms with E-state index in [9.17, 15) is 9.90 Å². The second kappa shape index (κ2) is 6.54. The van der Waals surface area contributed by atoms with Crippen LogP contribution in [0.1, 0.15) is 27.4 Å². The summed E-state index contributed by atoms with van der Waals surface area (Å²) >= 11 is 0. The highest BCUT2D eigenvalue weighted by molar-refractivity contribution is 5.92. The molecule has 6 nitrogen and oxygen atoms in total. The maximum atomic E-state index is 12.0. The first-order valence-corrected chi connectivity index (χ1v) is 7.40. The quantitative estimate of drug-likeness (QED) is 0.740. The number of aromatic hydroxyl groups is 1. The molecule has 6 heteroatoms. The lowest BCUT2D eigenvalue weighted by atomic mass is 10.1. The number of phenolic OH excluding ortho intramolecular Hbond substituents is 1. The van der Waals surface area contributed by atoms with E-state index in [1.807, 2.05) is 38.1 Å². The lowest BCUT2D eigenvalue weighted by Gasteiger charge is -2.04. The van der Waals surface area contributed by atoms with E-state index in [0.717, 1.165) is 16.7 Å². The van der Waals surface area contributed by atoms with Crippen LogP contribution >= 0.6 is 0 Å². The van der Waals surface area contributed by atoms with Gasteiger partial charge in [-0.3, -0.25) is 0 Å². The van der Waals surface area contributed by atoms with Crippen LogP contribution in [0.25, 0.3) is 11.4 Å². The first-order valence-electron chi connectivity index (χ1n) is 7.40. The van der Waals surface area contributed by atoms with Crippen molar-refractivity contribution in [2.45, 2.75) is 20.5 Å². The molecule has 122 valence electrons. The van der Waals surface area contributed by atoms with Crippen LogP contribution in [0.15, 0.2) is 47.0 Å². The Labute approximate surface area is 138 Å². The normalized spacial score (nSPS) is 10.6. The highest BCUT2D eigenvalue weighted by atomic mass is 16.6. The van der Waals surface area contributed by atoms with Crippen molar-refractivity contribution >= 4 is 5.97 Å². The van der Waals surface area contributed by atoms with Crippen molar-refractivity contribution in [2.24, 2.45) is 0 Å². The summed E-state index contributed by atoms with van der Waals surface area (Å²) in [4.78, 5) is 16.2. The third-order valence-corrected chi connectivity index (χ3v) is 3.55. The SMILES string of the molecule is Cc1ccc(C(=O)OCc2nc(-c3ccccc3C)no2)c(O)c1. The van der Waals surface area contributed by atoms with E-state index in [0.29, 0.717) is 5.82 Å². The van der Waals surface area contributed by atoms with Crippen molar-refractivity contribution in [1.29, 1.82) is 0 Å². The number of hydrogen-bond donors (Lipinski definition) is 1. The van der Waals surface area contributed by atoms with E-state index in [4.69, 9.17) is 9.26 Å². The van der Waals surface area contributed by atoms with Gasteiger partial charge in [-0.15, -0.1) is 0 Å². The van der Waals surface area contributed by atoms with Gasteiger partial charge in [-0.05, 0) is 37.1 Å². The van der Waals surface area contributed by atoms with Crippen molar-refractivity contribution in [3.8, 4) is 17.1 Å². The summed E-state index contributed by atoms with van der Waals surface area (Å²) < 4.78 is 10.2. The van der Waals surface area contributed by atoms with Crippen molar-refractivity contribution in [2.75, 3.05) is 0 Å². The van der Waals surface area contributed by atoms with Crippen LogP contribution in [0.3, 0.4) is 0 Å². The molecule has 0 amide bonds. The Morgan fingerprint density at radius 1 is 1.21 bits per heavy atom. The zero-order valence-electron chi connectivity index (χ0n) is 13.3. The van der Waals surface area contributed by atoms with Gasteiger partial charge in [0.25, 0.3) is 5.89 Å². The lowest BCUT2D eigenvalue weighted by Crippen LogP contribution is -2.06. The second-order valence-corrected chi connectivity index (χ2v) is 5.42. The van der Waals surface area contributed by atoms with Gasteiger partial charge >= 0.3 is 5.97 Å². The average molecular weight is 324 g/mol. The molecule has 3 aromatic rings. The molecule has 3 rings (SSSR count). The second-order valence-electron chi connectivity index (χ2n) is 5.42. The van der Waals surface area contributed by atoms with Crippen LogP contribution in [0, 0.1) is 13.8 Å². The van der Waals surface area contributed by atoms with Gasteiger partial charge in [0.15, 0.2) is 6.61 Å². The molecule has 24 heavy (non-hydrogen) atoms. The van der Waals surface area contributed by atoms with Crippen LogP contribution in [-0.2, 0) is 11.3 Å². The molecule has 0 aliphatic carbocycles. The summed E-state index contributed by atoms with van der Waals surface area (Å²) in [6.45, 7) is 3.61. The zero-order valence-corrected chi connectivity index (χ0v) is 13.3. The largest absolute Gasteiger partial charge is 0.507 e. The molecule has 0 saturated carbocycles. The van der Waals surface area contributed by atoms with Gasteiger partial charge in [-0.25, -0.2) is 4.79 Å². The number of ether oxygens (including phenoxy) is 1. The monoisotopic (exact) mass is 324 g/mol. The fourth-order valence-electron chi connectivity index (χ4n) is 2.27. The smallest absolute Gasteiger partial charge is 0.342 e. The number of aryl methyl sites for hydroxylation is 2. The molecular weight excluding hydrogens is 308 g/mol. The van der Waals surface area contributed by atoms with Crippen molar-refractivity contribution < 1.29 is 19.2 Å². The number of aromatic nitrogens is 2. The standard InChI is InChI=1S/C18H16N2O4/c1-11-7-8-14(15(21)9-11)18(22)23-10-16-19-17(20-24-16)13-6-4-3-5-12(13)2/h3-9,21H,10H2,1-2H3. The molecule has 0 spiro atoms. The molecule has 2 aromatic carbocycles. The lowest BCUT2D eigenvalue weighted by molar-refractivity contribution is 0.0426. The van der Waals surface area contributed by atoms with Crippen LogP contribution < -0.4 is 0 Å². The third-order valence-electron chi connectivity index (χ3n) is 3.55. The van der Waals surface area contributed by atoms with Gasteiger partial charge in [0.05, 0.1) is 0 Å². The molecule has 0 radical (unpaired) electrons. The Morgan fingerprint density at radius 2 is 2.00 bits per heavy atom. The van der Waals surface area contributed by atoms with E-state index < -0.39 is 5.97 Å². The minimum Gasteiger partial charge on any atom is -0.507 e. The summed E-state index contributed by atoms with van der Waals surface area (Å²) in [5.41, 5.74) is 2.82. The Hall–Kier alpha value is -3.15. The molecule has 0 aliphatic rings. The Bertz CT molecular complexity index is 886. The summed E-state index contributed by atoms with van der Waals surface area (Å²) in [5, 5.41) is 13.7. The number of phenols is 1. The van der Waals surface area contributed by atoms with E-state index >= 15 is 0 Å². The molecule has 0 bridgehead atoms. The predicted molar refractivity (Wildman–Crippen MR) is 86.4 cm³/mol. The van der Waals surface area contributed by atoms with Gasteiger partial charge in [0.1, 0.15) is 11.3 Å². The van der Waals surface area contributed by atoms with Crippen LogP contribution in [0.4, 0.5) is 0 Å². The fraction of sp³-hybridized carbons (Fsp3) is 0.167. The van der Waals surface area contributed by atoms with Gasteiger partial charge in [0, 0.05) is 5.56 Å². The Kier molecular flexibility index (Phi) is 4.29. The van der Waals surface area contributed by atoms with Crippen molar-refractivity contribution in [3.05, 3.63) is 65.0 Å². The average Bonchev–Trinajstić information content (AvgIpc) is 3.02. The maximum absolute atomic E-state index is 12.0. The summed E-state index contributed by atoms with van der Waals surface area (Å²) in [5.74, 6) is -0.139. The minimum atomic E-state index is -0.650. The molecule has 1 aromatic heterocycles. The topological polar surface area (TPSA) is 85.5 Å². The highest BCUT2D eigenvalue weighted by Crippen LogP contribution is 2.21. The van der Waals surface area contributed by atoms with E-state index in [2.05, 4.69) is 10.1 Å². The molecule has 1 N–H and O–H groups in total. The summed E-state index contributed by atoms with van der Waals surface area (Å²) in [6, 6.07) is 12.4. The van der Waals surface area contributed by atoms with E-state index in [1.54, 1.807) is 6.07 Å². The molecule has 0 unspecified atom stereocenters. The third kappa shape index (κ3) is 3.27. The van der Waals surface area contributed by atoms with Crippen molar-refractivity contribution in [1.82, 2.24) is 10.1 Å². The van der Waals surface area contributed by atoms with Gasteiger partial charge < -0.3 is 14.4 Å². The zero-order chi connectivity index (χ0) is 17.1. The maximum Gasteiger partial charge on any atom is 0.342 e. The molecule has 0 atom stereocenters. The van der Waals surface area contributed by atoms with E-state index in [-0.39, 0.29) is 23.8 Å². The van der Waals surface area contributed by atoms with Gasteiger partial charge in [-0.2, -0.15) is 4.98 Å². The number of hydrogen-bond acceptors (Lipinski definition) is 6. The van der Waals surface area contributed by atoms with Crippen molar-refractivity contribution in [3.63, 3.8) is 0 Å². The molecule has 0 fully saturated rings. The number of nitrogens with zero attached hydrogens (tertiary/aromatic N) is 2. The number of rotatable bonds is 4. The number of benzene rings is 2. The summed E-state index contributed by atoms with van der Waals surface area (Å²) in [6.07, 6.45) is 0. The van der Waals surface area contributed by atoms with Crippen LogP contribution in [0.2, 0.25) is 0 Å². The summed E-state index contributed by atoms with van der Waals surface area (Å²) in [7, 11) is 0. The Morgan fingerprint density at radius 3 is 2.75 bits per heavy atom. The predicted octanol–water partition coefficient (Wildman–Crippen LogP) is 3.42. The van der Waals surface area contributed by atoms with Gasteiger partial charge in [0.2, 0.25) is 5.82 Å². The van der Waals surface area contributed by atoms with Crippen LogP contribution in [-0.4, -0.2) is 21.2 Å². The van der Waals surface area contributed by atoms with E-state index in [1.165, 1.54) is 12.1 Å². The first kappa shape index (κ1) is 15.7. The number of esters is 1. The number of carbonyl (C=O) groups is 1. The fourth-order valence-corrected chi connectivity index (χ4v) is 2.27. The van der Waals surface area contributed by atoms with Gasteiger partial charge in [-0.1, -0.05) is 35.5 Å². The first-order chi connectivity index (χ1) is 11.5. The molecule has 0 saturated heterocycles. The molecule has 0 aliphatic heterocycles.